The number of nitrogens with one attached hydrogen (secondary N) is 1. The first kappa shape index (κ1) is 13.3. The van der Waals surface area contributed by atoms with Gasteiger partial charge in [-0.1, -0.05) is 0 Å². The molecule has 2 aliphatic rings. The van der Waals surface area contributed by atoms with E-state index >= 15 is 0 Å². The zero-order valence-electron chi connectivity index (χ0n) is 11.6. The summed E-state index contributed by atoms with van der Waals surface area (Å²) in [5.74, 6) is 0.864. The summed E-state index contributed by atoms with van der Waals surface area (Å²) in [5.41, 5.74) is 0. The van der Waals surface area contributed by atoms with Gasteiger partial charge in [0.05, 0.1) is 6.10 Å². The van der Waals surface area contributed by atoms with Crippen LogP contribution in [0.1, 0.15) is 40.0 Å². The van der Waals surface area contributed by atoms with E-state index in [1.165, 1.54) is 38.9 Å². The predicted molar refractivity (Wildman–Crippen MR) is 71.3 cm³/mol. The minimum absolute atomic E-state index is 0.535. The smallest absolute Gasteiger partial charge is 0.0604 e. The van der Waals surface area contributed by atoms with E-state index in [0.717, 1.165) is 18.6 Å². The minimum Gasteiger partial charge on any atom is -0.378 e. The van der Waals surface area contributed by atoms with Crippen LogP contribution in [0.15, 0.2) is 0 Å². The molecule has 0 aromatic heterocycles. The van der Waals surface area contributed by atoms with E-state index in [4.69, 9.17) is 4.74 Å². The summed E-state index contributed by atoms with van der Waals surface area (Å²) in [6.45, 7) is 11.3. The van der Waals surface area contributed by atoms with Crippen LogP contribution in [0.4, 0.5) is 0 Å². The fourth-order valence-corrected chi connectivity index (χ4v) is 2.94. The van der Waals surface area contributed by atoms with E-state index < -0.39 is 0 Å². The molecule has 1 atom stereocenters. The van der Waals surface area contributed by atoms with Crippen molar-refractivity contribution in [3.63, 3.8) is 0 Å². The summed E-state index contributed by atoms with van der Waals surface area (Å²) in [6.07, 6.45) is 4.34. The van der Waals surface area contributed by atoms with Gasteiger partial charge in [-0.2, -0.15) is 0 Å². The molecular weight excluding hydrogens is 212 g/mol. The van der Waals surface area contributed by atoms with Crippen LogP contribution in [0.3, 0.4) is 0 Å². The molecule has 2 rings (SSSR count). The Balaban J connectivity index is 1.55. The molecular formula is C14H28N2O. The normalized spacial score (nSPS) is 34.2. The fourth-order valence-electron chi connectivity index (χ4n) is 2.94. The van der Waals surface area contributed by atoms with Gasteiger partial charge in [0.15, 0.2) is 0 Å². The first-order valence-corrected chi connectivity index (χ1v) is 7.28. The van der Waals surface area contributed by atoms with E-state index in [2.05, 4.69) is 31.0 Å². The fraction of sp³-hybridized carbons (Fsp3) is 1.00. The highest BCUT2D eigenvalue weighted by Crippen LogP contribution is 2.24. The first-order valence-electron chi connectivity index (χ1n) is 7.28. The Labute approximate surface area is 106 Å². The lowest BCUT2D eigenvalue weighted by molar-refractivity contribution is -0.0105. The van der Waals surface area contributed by atoms with Crippen LogP contribution in [0, 0.1) is 5.92 Å². The quantitative estimate of drug-likeness (QED) is 0.767. The number of nitrogens with zero attached hydrogens (tertiary/aromatic N) is 1. The van der Waals surface area contributed by atoms with Crippen LogP contribution in [-0.2, 0) is 4.74 Å². The molecule has 0 aromatic rings. The van der Waals surface area contributed by atoms with Crippen LogP contribution >= 0.6 is 0 Å². The number of hydrogen-bond donors (Lipinski definition) is 1. The third kappa shape index (κ3) is 3.67. The molecule has 1 saturated carbocycles. The van der Waals surface area contributed by atoms with Crippen LogP contribution in [0.25, 0.3) is 0 Å². The summed E-state index contributed by atoms with van der Waals surface area (Å²) in [7, 11) is 0. The van der Waals surface area contributed by atoms with Gasteiger partial charge in [-0.15, -0.1) is 0 Å². The number of rotatable bonds is 6. The molecule has 0 radical (unpaired) electrons. The van der Waals surface area contributed by atoms with Crippen LogP contribution < -0.4 is 5.32 Å². The minimum atomic E-state index is 0.535. The molecule has 1 aliphatic heterocycles. The van der Waals surface area contributed by atoms with Gasteiger partial charge in [-0.05, 0) is 59.0 Å². The van der Waals surface area contributed by atoms with Gasteiger partial charge in [0.25, 0.3) is 0 Å². The molecule has 2 fully saturated rings. The molecule has 1 saturated heterocycles. The first-order chi connectivity index (χ1) is 8.19. The monoisotopic (exact) mass is 240 g/mol. The lowest BCUT2D eigenvalue weighted by Crippen LogP contribution is -2.47. The molecule has 1 aliphatic carbocycles. The van der Waals surface area contributed by atoms with E-state index in [0.29, 0.717) is 12.1 Å². The van der Waals surface area contributed by atoms with Gasteiger partial charge in [-0.3, -0.25) is 0 Å². The highest BCUT2D eigenvalue weighted by Gasteiger charge is 2.30. The second kappa shape index (κ2) is 6.17. The van der Waals surface area contributed by atoms with Gasteiger partial charge >= 0.3 is 0 Å². The van der Waals surface area contributed by atoms with Crippen LogP contribution in [-0.4, -0.2) is 49.3 Å². The van der Waals surface area contributed by atoms with Gasteiger partial charge in [0, 0.05) is 25.2 Å². The molecule has 1 unspecified atom stereocenters. The standard InChI is InChI=1S/C14H28N2O/c1-4-17-14-7-13(8-14)15-9-12-5-6-16(10-12)11(2)3/h11-15H,4-10H2,1-3H3. The molecule has 17 heavy (non-hydrogen) atoms. The van der Waals surface area contributed by atoms with Gasteiger partial charge in [0.2, 0.25) is 0 Å². The maximum Gasteiger partial charge on any atom is 0.0604 e. The molecule has 1 N–H and O–H groups in total. The van der Waals surface area contributed by atoms with Crippen molar-refractivity contribution in [2.75, 3.05) is 26.2 Å². The zero-order chi connectivity index (χ0) is 12.3. The topological polar surface area (TPSA) is 24.5 Å². The Kier molecular flexibility index (Phi) is 4.83. The van der Waals surface area contributed by atoms with Crippen LogP contribution in [0.2, 0.25) is 0 Å². The molecule has 3 heteroatoms. The van der Waals surface area contributed by atoms with Crippen molar-refractivity contribution in [3.8, 4) is 0 Å². The van der Waals surface area contributed by atoms with Crippen molar-refractivity contribution in [2.45, 2.75) is 58.2 Å². The molecule has 1 heterocycles. The lowest BCUT2D eigenvalue weighted by atomic mass is 9.89. The van der Waals surface area contributed by atoms with Crippen molar-refractivity contribution < 1.29 is 4.74 Å². The Morgan fingerprint density at radius 3 is 2.71 bits per heavy atom. The number of likely N-dealkylation sites (tertiary alicyclic amines) is 1. The Morgan fingerprint density at radius 2 is 2.12 bits per heavy atom. The third-order valence-corrected chi connectivity index (χ3v) is 4.24. The third-order valence-electron chi connectivity index (χ3n) is 4.24. The van der Waals surface area contributed by atoms with Gasteiger partial charge in [-0.25, -0.2) is 0 Å². The second-order valence-corrected chi connectivity index (χ2v) is 5.90. The van der Waals surface area contributed by atoms with Gasteiger partial charge in [0.1, 0.15) is 0 Å². The average molecular weight is 240 g/mol. The summed E-state index contributed by atoms with van der Waals surface area (Å²) in [6, 6.07) is 1.44. The van der Waals surface area contributed by atoms with E-state index in [1.807, 2.05) is 0 Å². The largest absolute Gasteiger partial charge is 0.378 e. The molecule has 0 aromatic carbocycles. The molecule has 3 nitrogen and oxygen atoms in total. The maximum atomic E-state index is 5.58. The number of ether oxygens (including phenoxy) is 1. The highest BCUT2D eigenvalue weighted by atomic mass is 16.5. The van der Waals surface area contributed by atoms with Crippen molar-refractivity contribution in [3.05, 3.63) is 0 Å². The Hall–Kier alpha value is -0.120. The summed E-state index contributed by atoms with van der Waals surface area (Å²) >= 11 is 0. The molecule has 0 spiro atoms. The number of hydrogen-bond acceptors (Lipinski definition) is 3. The molecule has 100 valence electrons. The Morgan fingerprint density at radius 1 is 1.35 bits per heavy atom. The predicted octanol–water partition coefficient (Wildman–Crippen LogP) is 1.87. The SMILES string of the molecule is CCOC1CC(NCC2CCN(C(C)C)C2)C1. The highest BCUT2D eigenvalue weighted by molar-refractivity contribution is 4.88. The average Bonchev–Trinajstić information content (AvgIpc) is 2.70. The van der Waals surface area contributed by atoms with Crippen molar-refractivity contribution in [1.29, 1.82) is 0 Å². The van der Waals surface area contributed by atoms with Crippen molar-refractivity contribution in [1.82, 2.24) is 10.2 Å². The van der Waals surface area contributed by atoms with Crippen molar-refractivity contribution in [2.24, 2.45) is 5.92 Å². The Bertz CT molecular complexity index is 226. The maximum absolute atomic E-state index is 5.58. The summed E-state index contributed by atoms with van der Waals surface area (Å²) < 4.78 is 5.58. The molecule has 0 bridgehead atoms. The van der Waals surface area contributed by atoms with Crippen LogP contribution in [0.5, 0.6) is 0 Å². The van der Waals surface area contributed by atoms with Crippen molar-refractivity contribution >= 4 is 0 Å². The molecule has 0 amide bonds. The van der Waals surface area contributed by atoms with E-state index in [-0.39, 0.29) is 0 Å². The second-order valence-electron chi connectivity index (χ2n) is 5.90. The summed E-state index contributed by atoms with van der Waals surface area (Å²) in [4.78, 5) is 2.59. The lowest BCUT2D eigenvalue weighted by Gasteiger charge is -2.36. The van der Waals surface area contributed by atoms with E-state index in [9.17, 15) is 0 Å². The van der Waals surface area contributed by atoms with Gasteiger partial charge < -0.3 is 15.0 Å². The zero-order valence-corrected chi connectivity index (χ0v) is 11.6. The van der Waals surface area contributed by atoms with E-state index in [1.54, 1.807) is 0 Å². The summed E-state index contributed by atoms with van der Waals surface area (Å²) in [5, 5.41) is 3.70.